The summed E-state index contributed by atoms with van der Waals surface area (Å²) in [6, 6.07) is 16.6. The highest BCUT2D eigenvalue weighted by Crippen LogP contribution is 2.29. The van der Waals surface area contributed by atoms with Crippen LogP contribution in [0.25, 0.3) is 20.2 Å². The number of hydrogen-bond acceptors (Lipinski definition) is 2. The van der Waals surface area contributed by atoms with Crippen molar-refractivity contribution in [2.75, 3.05) is 0 Å². The second-order valence-electron chi connectivity index (χ2n) is 3.42. The Kier molecular flexibility index (Phi) is 3.24. The van der Waals surface area contributed by atoms with Crippen LogP contribution in [-0.4, -0.2) is 0 Å². The molecule has 2 aromatic carbocycles. The van der Waals surface area contributed by atoms with E-state index in [1.54, 1.807) is 11.3 Å². The molecule has 0 radical (unpaired) electrons. The SMILES string of the molecule is Cl.S=c1c2ccccc2sc2ccccc12. The van der Waals surface area contributed by atoms with Gasteiger partial charge in [0.25, 0.3) is 0 Å². The van der Waals surface area contributed by atoms with Crippen molar-refractivity contribution in [1.29, 1.82) is 0 Å². The molecule has 0 aliphatic rings. The number of halogens is 1. The molecular weight excluding hydrogens is 256 g/mol. The van der Waals surface area contributed by atoms with Crippen LogP contribution in [0.15, 0.2) is 48.5 Å². The summed E-state index contributed by atoms with van der Waals surface area (Å²) in [6.45, 7) is 0. The van der Waals surface area contributed by atoms with Crippen LogP contribution < -0.4 is 0 Å². The van der Waals surface area contributed by atoms with Crippen LogP contribution in [0, 0.1) is 4.51 Å². The molecule has 0 bridgehead atoms. The molecular formula is C13H9ClS2. The summed E-state index contributed by atoms with van der Waals surface area (Å²) in [7, 11) is 0. The fourth-order valence-corrected chi connectivity index (χ4v) is 3.33. The van der Waals surface area contributed by atoms with Gasteiger partial charge in [0.15, 0.2) is 0 Å². The molecule has 0 aliphatic heterocycles. The van der Waals surface area contributed by atoms with E-state index < -0.39 is 0 Å². The third-order valence-corrected chi connectivity index (χ3v) is 4.07. The predicted molar refractivity (Wildman–Crippen MR) is 77.4 cm³/mol. The molecule has 0 aliphatic carbocycles. The molecule has 1 heterocycles. The normalized spacial score (nSPS) is 10.2. The maximum Gasteiger partial charge on any atom is 0.0550 e. The predicted octanol–water partition coefficient (Wildman–Crippen LogP) is 5.21. The minimum atomic E-state index is 0. The van der Waals surface area contributed by atoms with Gasteiger partial charge in [0.05, 0.1) is 4.51 Å². The number of benzene rings is 2. The Morgan fingerprint density at radius 1 is 0.750 bits per heavy atom. The number of hydrogen-bond donors (Lipinski definition) is 0. The van der Waals surface area contributed by atoms with E-state index in [1.807, 2.05) is 12.1 Å². The fraction of sp³-hybridized carbons (Fsp3) is 0. The van der Waals surface area contributed by atoms with E-state index in [0.717, 1.165) is 4.51 Å². The van der Waals surface area contributed by atoms with Gasteiger partial charge in [-0.2, -0.15) is 0 Å². The average Bonchev–Trinajstić information content (AvgIpc) is 2.30. The molecule has 0 nitrogen and oxygen atoms in total. The van der Waals surface area contributed by atoms with E-state index >= 15 is 0 Å². The molecule has 0 spiro atoms. The minimum Gasteiger partial charge on any atom is -0.147 e. The highest BCUT2D eigenvalue weighted by Gasteiger charge is 2.00. The summed E-state index contributed by atoms with van der Waals surface area (Å²) in [6.07, 6.45) is 0. The van der Waals surface area contributed by atoms with Gasteiger partial charge in [0.2, 0.25) is 0 Å². The van der Waals surface area contributed by atoms with Crippen LogP contribution in [0.4, 0.5) is 0 Å². The van der Waals surface area contributed by atoms with Crippen molar-refractivity contribution >= 4 is 56.1 Å². The third-order valence-electron chi connectivity index (χ3n) is 2.48. The molecule has 3 aromatic rings. The standard InChI is InChI=1S/C13H8S2.ClH/c14-13-9-5-1-3-7-11(9)15-12-8-4-2-6-10(12)13;/h1-8H;1H. The summed E-state index contributed by atoms with van der Waals surface area (Å²) in [5.74, 6) is 0. The topological polar surface area (TPSA) is 0 Å². The van der Waals surface area contributed by atoms with Crippen molar-refractivity contribution in [3.63, 3.8) is 0 Å². The number of fused-ring (bicyclic) bond motifs is 2. The first kappa shape index (κ1) is 11.5. The Balaban J connectivity index is 0.000000963. The van der Waals surface area contributed by atoms with Crippen LogP contribution in [0.2, 0.25) is 0 Å². The lowest BCUT2D eigenvalue weighted by Crippen LogP contribution is -1.74. The van der Waals surface area contributed by atoms with Crippen molar-refractivity contribution in [3.05, 3.63) is 53.0 Å². The smallest absolute Gasteiger partial charge is 0.0550 e. The van der Waals surface area contributed by atoms with Gasteiger partial charge in [-0.15, -0.1) is 23.7 Å². The molecule has 0 unspecified atom stereocenters. The second kappa shape index (κ2) is 4.50. The zero-order valence-electron chi connectivity index (χ0n) is 8.34. The zero-order valence-corrected chi connectivity index (χ0v) is 10.8. The quantitative estimate of drug-likeness (QED) is 0.397. The third kappa shape index (κ3) is 1.73. The van der Waals surface area contributed by atoms with Crippen LogP contribution in [0.5, 0.6) is 0 Å². The van der Waals surface area contributed by atoms with E-state index in [2.05, 4.69) is 36.4 Å². The molecule has 3 heteroatoms. The van der Waals surface area contributed by atoms with E-state index in [9.17, 15) is 0 Å². The van der Waals surface area contributed by atoms with Gasteiger partial charge in [0, 0.05) is 20.2 Å². The van der Waals surface area contributed by atoms with Crippen LogP contribution in [-0.2, 0) is 0 Å². The molecule has 0 saturated carbocycles. The molecule has 16 heavy (non-hydrogen) atoms. The molecule has 0 amide bonds. The van der Waals surface area contributed by atoms with Crippen LogP contribution in [0.3, 0.4) is 0 Å². The van der Waals surface area contributed by atoms with Gasteiger partial charge in [-0.1, -0.05) is 48.6 Å². The number of rotatable bonds is 0. The summed E-state index contributed by atoms with van der Waals surface area (Å²) < 4.78 is 3.50. The Bertz CT molecular complexity index is 644. The molecule has 3 rings (SSSR count). The Morgan fingerprint density at radius 3 is 1.69 bits per heavy atom. The molecule has 1 aromatic heterocycles. The monoisotopic (exact) mass is 264 g/mol. The van der Waals surface area contributed by atoms with Gasteiger partial charge in [0.1, 0.15) is 0 Å². The van der Waals surface area contributed by atoms with Gasteiger partial charge >= 0.3 is 0 Å². The highest BCUT2D eigenvalue weighted by molar-refractivity contribution is 7.72. The maximum absolute atomic E-state index is 5.50. The largest absolute Gasteiger partial charge is 0.147 e. The Labute approximate surface area is 109 Å². The van der Waals surface area contributed by atoms with Gasteiger partial charge in [-0.25, -0.2) is 0 Å². The lowest BCUT2D eigenvalue weighted by molar-refractivity contribution is 1.80. The van der Waals surface area contributed by atoms with Gasteiger partial charge < -0.3 is 0 Å². The van der Waals surface area contributed by atoms with Gasteiger partial charge in [-0.05, 0) is 12.1 Å². The summed E-state index contributed by atoms with van der Waals surface area (Å²) >= 11 is 7.30. The molecule has 0 atom stereocenters. The van der Waals surface area contributed by atoms with Crippen LogP contribution in [0.1, 0.15) is 0 Å². The van der Waals surface area contributed by atoms with E-state index in [0.29, 0.717) is 0 Å². The zero-order chi connectivity index (χ0) is 10.3. The van der Waals surface area contributed by atoms with E-state index in [-0.39, 0.29) is 12.4 Å². The molecule has 0 saturated heterocycles. The summed E-state index contributed by atoms with van der Waals surface area (Å²) in [5, 5.41) is 2.38. The van der Waals surface area contributed by atoms with Crippen LogP contribution >= 0.6 is 36.0 Å². The fourth-order valence-electron chi connectivity index (χ4n) is 1.75. The Hall–Kier alpha value is -0.960. The summed E-state index contributed by atoms with van der Waals surface area (Å²) in [4.78, 5) is 0. The van der Waals surface area contributed by atoms with Crippen molar-refractivity contribution in [1.82, 2.24) is 0 Å². The first-order chi connectivity index (χ1) is 7.36. The second-order valence-corrected chi connectivity index (χ2v) is 4.92. The van der Waals surface area contributed by atoms with Gasteiger partial charge in [-0.3, -0.25) is 0 Å². The highest BCUT2D eigenvalue weighted by atomic mass is 35.5. The lowest BCUT2D eigenvalue weighted by Gasteiger charge is -2.01. The maximum atomic E-state index is 5.50. The van der Waals surface area contributed by atoms with Crippen molar-refractivity contribution in [3.8, 4) is 0 Å². The van der Waals surface area contributed by atoms with E-state index in [4.69, 9.17) is 12.2 Å². The molecule has 0 N–H and O–H groups in total. The Morgan fingerprint density at radius 2 is 1.19 bits per heavy atom. The van der Waals surface area contributed by atoms with Crippen molar-refractivity contribution in [2.45, 2.75) is 0 Å². The average molecular weight is 265 g/mol. The minimum absolute atomic E-state index is 0. The molecule has 0 fully saturated rings. The van der Waals surface area contributed by atoms with E-state index in [1.165, 1.54) is 20.2 Å². The first-order valence-electron chi connectivity index (χ1n) is 4.77. The van der Waals surface area contributed by atoms with Crippen molar-refractivity contribution in [2.24, 2.45) is 0 Å². The molecule has 80 valence electrons. The van der Waals surface area contributed by atoms with Crippen molar-refractivity contribution < 1.29 is 0 Å². The lowest BCUT2D eigenvalue weighted by atomic mass is 10.2. The first-order valence-corrected chi connectivity index (χ1v) is 5.99. The summed E-state index contributed by atoms with van der Waals surface area (Å²) in [5.41, 5.74) is 0.